The first-order valence-electron chi connectivity index (χ1n) is 11.2. The summed E-state index contributed by atoms with van der Waals surface area (Å²) in [7, 11) is 0. The summed E-state index contributed by atoms with van der Waals surface area (Å²) in [4.78, 5) is 42.9. The zero-order valence-electron chi connectivity index (χ0n) is 18.1. The second-order valence-electron chi connectivity index (χ2n) is 8.41. The first-order chi connectivity index (χ1) is 15.5. The molecule has 2 heterocycles. The van der Waals surface area contributed by atoms with Gasteiger partial charge in [0.05, 0.1) is 11.1 Å². The van der Waals surface area contributed by atoms with E-state index in [-0.39, 0.29) is 17.7 Å². The monoisotopic (exact) mass is 453 g/mol. The van der Waals surface area contributed by atoms with Gasteiger partial charge in [-0.15, -0.1) is 0 Å². The van der Waals surface area contributed by atoms with Gasteiger partial charge in [-0.3, -0.25) is 24.2 Å². The maximum Gasteiger partial charge on any atom is 0.261 e. The molecule has 0 aliphatic carbocycles. The van der Waals surface area contributed by atoms with Crippen molar-refractivity contribution in [3.8, 4) is 0 Å². The molecule has 0 bridgehead atoms. The maximum absolute atomic E-state index is 12.6. The van der Waals surface area contributed by atoms with Crippen molar-refractivity contribution in [3.05, 3.63) is 70.2 Å². The Morgan fingerprint density at radius 1 is 0.844 bits per heavy atom. The average Bonchev–Trinajstić information content (AvgIpc) is 3.04. The Morgan fingerprint density at radius 3 is 2.19 bits per heavy atom. The smallest absolute Gasteiger partial charge is 0.261 e. The summed E-state index contributed by atoms with van der Waals surface area (Å²) in [6.07, 6.45) is 2.81. The zero-order valence-corrected chi connectivity index (χ0v) is 18.9. The summed E-state index contributed by atoms with van der Waals surface area (Å²) < 4.78 is 0. The fraction of sp³-hybridized carbons (Fsp3) is 0.400. The van der Waals surface area contributed by atoms with E-state index in [1.807, 2.05) is 23.1 Å². The van der Waals surface area contributed by atoms with Crippen molar-refractivity contribution < 1.29 is 14.4 Å². The second-order valence-corrected chi connectivity index (χ2v) is 8.84. The van der Waals surface area contributed by atoms with Gasteiger partial charge < -0.3 is 4.90 Å². The second kappa shape index (κ2) is 10.3. The minimum absolute atomic E-state index is 0.188. The predicted molar refractivity (Wildman–Crippen MR) is 124 cm³/mol. The molecule has 2 aromatic carbocycles. The van der Waals surface area contributed by atoms with Crippen LogP contribution in [0.4, 0.5) is 0 Å². The van der Waals surface area contributed by atoms with Crippen molar-refractivity contribution in [2.45, 2.75) is 32.2 Å². The number of nitrogens with zero attached hydrogens (tertiary/aromatic N) is 3. The van der Waals surface area contributed by atoms with Crippen LogP contribution in [0.2, 0.25) is 5.02 Å². The molecule has 2 aliphatic heterocycles. The topological polar surface area (TPSA) is 60.9 Å². The molecular weight excluding hydrogens is 426 g/mol. The van der Waals surface area contributed by atoms with Crippen LogP contribution in [0.25, 0.3) is 0 Å². The molecule has 3 amide bonds. The molecule has 0 spiro atoms. The number of piperazine rings is 1. The van der Waals surface area contributed by atoms with E-state index >= 15 is 0 Å². The highest BCUT2D eigenvalue weighted by Gasteiger charge is 2.34. The number of benzene rings is 2. The number of amides is 3. The summed E-state index contributed by atoms with van der Waals surface area (Å²) in [5.41, 5.74) is 2.17. The van der Waals surface area contributed by atoms with Gasteiger partial charge in [0.1, 0.15) is 0 Å². The highest BCUT2D eigenvalue weighted by Crippen LogP contribution is 2.23. The van der Waals surface area contributed by atoms with E-state index in [1.165, 1.54) is 10.5 Å². The lowest BCUT2D eigenvalue weighted by Crippen LogP contribution is -2.48. The van der Waals surface area contributed by atoms with Crippen LogP contribution < -0.4 is 0 Å². The molecule has 0 aromatic heterocycles. The van der Waals surface area contributed by atoms with Crippen LogP contribution in [0.1, 0.15) is 52.0 Å². The molecule has 7 heteroatoms. The molecule has 1 saturated heterocycles. The Balaban J connectivity index is 1.13. The van der Waals surface area contributed by atoms with E-state index in [0.717, 1.165) is 50.6 Å². The van der Waals surface area contributed by atoms with Gasteiger partial charge in [0.2, 0.25) is 5.91 Å². The zero-order chi connectivity index (χ0) is 22.5. The van der Waals surface area contributed by atoms with Gasteiger partial charge >= 0.3 is 0 Å². The Bertz CT molecular complexity index is 966. The van der Waals surface area contributed by atoms with Gasteiger partial charge in [-0.2, -0.15) is 0 Å². The lowest BCUT2D eigenvalue weighted by molar-refractivity contribution is -0.133. The van der Waals surface area contributed by atoms with Crippen LogP contribution in [0.5, 0.6) is 0 Å². The molecule has 1 fully saturated rings. The fourth-order valence-electron chi connectivity index (χ4n) is 4.37. The molecule has 0 N–H and O–H groups in total. The summed E-state index contributed by atoms with van der Waals surface area (Å²) in [6, 6.07) is 14.8. The third-order valence-electron chi connectivity index (χ3n) is 6.17. The molecule has 2 aromatic rings. The molecule has 2 aliphatic rings. The third-order valence-corrected chi connectivity index (χ3v) is 6.41. The molecule has 0 unspecified atom stereocenters. The first-order valence-corrected chi connectivity index (χ1v) is 11.6. The average molecular weight is 454 g/mol. The maximum atomic E-state index is 12.6. The van der Waals surface area contributed by atoms with E-state index < -0.39 is 0 Å². The van der Waals surface area contributed by atoms with Crippen LogP contribution in [0.3, 0.4) is 0 Å². The van der Waals surface area contributed by atoms with E-state index in [9.17, 15) is 14.4 Å². The lowest BCUT2D eigenvalue weighted by Gasteiger charge is -2.35. The van der Waals surface area contributed by atoms with E-state index in [2.05, 4.69) is 11.0 Å². The number of imide groups is 1. The molecule has 6 nitrogen and oxygen atoms in total. The highest BCUT2D eigenvalue weighted by atomic mass is 35.5. The summed E-state index contributed by atoms with van der Waals surface area (Å²) >= 11 is 6.06. The summed E-state index contributed by atoms with van der Waals surface area (Å²) in [6.45, 7) is 4.46. The Morgan fingerprint density at radius 2 is 1.53 bits per heavy atom. The van der Waals surface area contributed by atoms with Crippen molar-refractivity contribution in [2.75, 3.05) is 32.7 Å². The first kappa shape index (κ1) is 22.5. The lowest BCUT2D eigenvalue weighted by atomic mass is 10.1. The molecule has 0 radical (unpaired) electrons. The van der Waals surface area contributed by atoms with Crippen molar-refractivity contribution >= 4 is 29.3 Å². The number of hydrogen-bond donors (Lipinski definition) is 0. The molecule has 168 valence electrons. The minimum Gasteiger partial charge on any atom is -0.340 e. The van der Waals surface area contributed by atoms with Gasteiger partial charge in [-0.25, -0.2) is 0 Å². The van der Waals surface area contributed by atoms with Gasteiger partial charge in [0.15, 0.2) is 0 Å². The van der Waals surface area contributed by atoms with E-state index in [4.69, 9.17) is 11.6 Å². The number of hydrogen-bond acceptors (Lipinski definition) is 4. The summed E-state index contributed by atoms with van der Waals surface area (Å²) in [5.74, 6) is -0.234. The number of halogens is 1. The van der Waals surface area contributed by atoms with Gasteiger partial charge in [0.25, 0.3) is 11.8 Å². The Labute approximate surface area is 193 Å². The van der Waals surface area contributed by atoms with Crippen molar-refractivity contribution in [2.24, 2.45) is 0 Å². The van der Waals surface area contributed by atoms with Gasteiger partial charge in [0, 0.05) is 50.7 Å². The molecular formula is C25H28ClN3O3. The van der Waals surface area contributed by atoms with Crippen molar-refractivity contribution in [3.63, 3.8) is 0 Å². The standard InChI is InChI=1S/C25H28ClN3O3/c26-20-8-6-7-19(17-20)18-27-13-15-28(16-14-27)23(30)11-2-1-5-12-29-24(31)21-9-3-4-10-22(21)25(29)32/h3-4,6-10,17H,1-2,5,11-16,18H2. The third kappa shape index (κ3) is 5.19. The van der Waals surface area contributed by atoms with Crippen LogP contribution in [-0.2, 0) is 11.3 Å². The van der Waals surface area contributed by atoms with Crippen LogP contribution in [0.15, 0.2) is 48.5 Å². The minimum atomic E-state index is -0.211. The summed E-state index contributed by atoms with van der Waals surface area (Å²) in [5, 5.41) is 0.749. The van der Waals surface area contributed by atoms with E-state index in [1.54, 1.807) is 24.3 Å². The van der Waals surface area contributed by atoms with Crippen LogP contribution in [0, 0.1) is 0 Å². The number of fused-ring (bicyclic) bond motifs is 1. The molecule has 0 saturated carbocycles. The molecule has 32 heavy (non-hydrogen) atoms. The largest absolute Gasteiger partial charge is 0.340 e. The number of carbonyl (C=O) groups is 3. The number of carbonyl (C=O) groups excluding carboxylic acids is 3. The van der Waals surface area contributed by atoms with Gasteiger partial charge in [-0.05, 0) is 42.7 Å². The SMILES string of the molecule is O=C(CCCCCN1C(=O)c2ccccc2C1=O)N1CCN(Cc2cccc(Cl)c2)CC1. The van der Waals surface area contributed by atoms with Crippen molar-refractivity contribution in [1.82, 2.24) is 14.7 Å². The van der Waals surface area contributed by atoms with Crippen molar-refractivity contribution in [1.29, 1.82) is 0 Å². The quantitative estimate of drug-likeness (QED) is 0.450. The number of rotatable bonds is 8. The fourth-order valence-corrected chi connectivity index (χ4v) is 4.59. The Hall–Kier alpha value is -2.70. The number of unbranched alkanes of at least 4 members (excludes halogenated alkanes) is 2. The predicted octanol–water partition coefficient (Wildman–Crippen LogP) is 3.84. The van der Waals surface area contributed by atoms with Crippen LogP contribution in [-0.4, -0.2) is 65.1 Å². The Kier molecular flexibility index (Phi) is 7.22. The molecule has 4 rings (SSSR count). The van der Waals surface area contributed by atoms with E-state index in [0.29, 0.717) is 30.5 Å². The van der Waals surface area contributed by atoms with Crippen LogP contribution >= 0.6 is 11.6 Å². The normalized spacial score (nSPS) is 16.5. The highest BCUT2D eigenvalue weighted by molar-refractivity contribution is 6.30. The van der Waals surface area contributed by atoms with Gasteiger partial charge in [-0.1, -0.05) is 42.3 Å². The molecule has 0 atom stereocenters.